The number of amides is 1. The molecule has 3 aromatic heterocycles. The Balaban J connectivity index is 1.68. The fourth-order valence-electron chi connectivity index (χ4n) is 3.59. The van der Waals surface area contributed by atoms with Crippen LogP contribution in [0.3, 0.4) is 0 Å². The number of nitrogens with two attached hydrogens (primary N) is 1. The molecular weight excluding hydrogens is 479 g/mol. The van der Waals surface area contributed by atoms with Gasteiger partial charge < -0.3 is 30.8 Å². The number of methoxy groups -OCH3 is 2. The molecule has 0 aliphatic carbocycles. The van der Waals surface area contributed by atoms with Gasteiger partial charge >= 0.3 is 0 Å². The summed E-state index contributed by atoms with van der Waals surface area (Å²) in [4.78, 5) is 32.9. The fourth-order valence-corrected chi connectivity index (χ4v) is 3.59. The average Bonchev–Trinajstić information content (AvgIpc) is 3.34. The van der Waals surface area contributed by atoms with Gasteiger partial charge in [0, 0.05) is 43.2 Å². The fraction of sp³-hybridized carbons (Fsp3) is 0.240. The van der Waals surface area contributed by atoms with Crippen LogP contribution in [0.1, 0.15) is 6.92 Å². The largest absolute Gasteiger partial charge is 0.493 e. The van der Waals surface area contributed by atoms with E-state index in [-0.39, 0.29) is 30.2 Å². The van der Waals surface area contributed by atoms with Crippen LogP contribution in [-0.2, 0) is 9.53 Å². The van der Waals surface area contributed by atoms with Crippen molar-refractivity contribution in [1.82, 2.24) is 30.2 Å². The van der Waals surface area contributed by atoms with E-state index in [1.54, 1.807) is 36.7 Å². The molecule has 0 aliphatic heterocycles. The molecule has 0 saturated heterocycles. The lowest BCUT2D eigenvalue weighted by Gasteiger charge is -2.14. The Bertz CT molecular complexity index is 1380. The zero-order valence-corrected chi connectivity index (χ0v) is 20.6. The van der Waals surface area contributed by atoms with Crippen LogP contribution in [0.2, 0.25) is 0 Å². The second-order valence-corrected chi connectivity index (χ2v) is 8.18. The maximum Gasteiger partial charge on any atom is 0.246 e. The van der Waals surface area contributed by atoms with Gasteiger partial charge in [0.1, 0.15) is 23.9 Å². The Morgan fingerprint density at radius 1 is 1.14 bits per heavy atom. The van der Waals surface area contributed by atoms with Crippen LogP contribution in [0.15, 0.2) is 48.8 Å². The Hall–Kier alpha value is -4.58. The maximum absolute atomic E-state index is 13.5. The van der Waals surface area contributed by atoms with E-state index in [4.69, 9.17) is 20.2 Å². The molecule has 1 unspecified atom stereocenters. The Kier molecular flexibility index (Phi) is 7.89. The number of aromatic nitrogens is 5. The third kappa shape index (κ3) is 6.16. The van der Waals surface area contributed by atoms with Gasteiger partial charge in [0.15, 0.2) is 11.6 Å². The van der Waals surface area contributed by atoms with Crippen LogP contribution in [0.5, 0.6) is 5.75 Å². The number of hydrogen-bond acceptors (Lipinski definition) is 9. The first kappa shape index (κ1) is 25.5. The summed E-state index contributed by atoms with van der Waals surface area (Å²) in [6.45, 7) is 2.24. The molecule has 0 bridgehead atoms. The zero-order valence-electron chi connectivity index (χ0n) is 20.6. The summed E-state index contributed by atoms with van der Waals surface area (Å²) in [5.41, 5.74) is 8.94. The quantitative estimate of drug-likeness (QED) is 0.254. The van der Waals surface area contributed by atoms with Crippen LogP contribution in [0, 0.1) is 5.82 Å². The van der Waals surface area contributed by atoms with Crippen LogP contribution in [0.25, 0.3) is 34.0 Å². The van der Waals surface area contributed by atoms with Crippen molar-refractivity contribution in [1.29, 1.82) is 0 Å². The van der Waals surface area contributed by atoms with Crippen LogP contribution in [0.4, 0.5) is 16.2 Å². The lowest BCUT2D eigenvalue weighted by atomic mass is 10.1. The maximum atomic E-state index is 13.5. The number of hydrogen-bond donors (Lipinski definition) is 4. The van der Waals surface area contributed by atoms with E-state index in [1.807, 2.05) is 6.92 Å². The van der Waals surface area contributed by atoms with Crippen molar-refractivity contribution in [2.24, 2.45) is 0 Å². The predicted molar refractivity (Wildman–Crippen MR) is 137 cm³/mol. The highest BCUT2D eigenvalue weighted by atomic mass is 19.1. The van der Waals surface area contributed by atoms with Gasteiger partial charge in [-0.3, -0.25) is 4.79 Å². The minimum atomic E-state index is -0.345. The number of ether oxygens (including phenoxy) is 2. The number of imidazole rings is 1. The molecule has 1 amide bonds. The van der Waals surface area contributed by atoms with Crippen LogP contribution < -0.4 is 21.1 Å². The van der Waals surface area contributed by atoms with Gasteiger partial charge in [-0.25, -0.2) is 24.3 Å². The monoisotopic (exact) mass is 506 g/mol. The van der Waals surface area contributed by atoms with Crippen molar-refractivity contribution in [2.75, 3.05) is 38.4 Å². The minimum absolute atomic E-state index is 0.0138. The predicted octanol–water partition coefficient (Wildman–Crippen LogP) is 2.89. The van der Waals surface area contributed by atoms with Crippen molar-refractivity contribution in [3.05, 3.63) is 54.6 Å². The molecule has 0 aliphatic rings. The van der Waals surface area contributed by atoms with E-state index in [1.165, 1.54) is 26.4 Å². The van der Waals surface area contributed by atoms with Crippen molar-refractivity contribution in [3.8, 4) is 39.8 Å². The van der Waals surface area contributed by atoms with Gasteiger partial charge in [-0.2, -0.15) is 0 Å². The number of nitrogens with one attached hydrogen (secondary N) is 3. The number of carbonyl (C=O) groups excluding carboxylic acids is 1. The number of aromatic amines is 1. The van der Waals surface area contributed by atoms with Crippen molar-refractivity contribution in [2.45, 2.75) is 13.0 Å². The molecule has 1 aromatic carbocycles. The summed E-state index contributed by atoms with van der Waals surface area (Å²) in [7, 11) is 2.97. The number of nitrogen functional groups attached to an aromatic ring is 1. The molecule has 4 aromatic rings. The van der Waals surface area contributed by atoms with Crippen molar-refractivity contribution in [3.63, 3.8) is 0 Å². The van der Waals surface area contributed by atoms with Crippen LogP contribution in [-0.4, -0.2) is 64.2 Å². The van der Waals surface area contributed by atoms with Crippen molar-refractivity contribution >= 4 is 17.7 Å². The molecule has 3 heterocycles. The first-order valence-electron chi connectivity index (χ1n) is 11.4. The number of benzene rings is 1. The van der Waals surface area contributed by atoms with Gasteiger partial charge in [0.2, 0.25) is 11.9 Å². The van der Waals surface area contributed by atoms with E-state index < -0.39 is 0 Å². The number of halogens is 1. The molecule has 1 atom stereocenters. The van der Waals surface area contributed by atoms with Crippen molar-refractivity contribution < 1.29 is 18.7 Å². The second kappa shape index (κ2) is 11.4. The van der Waals surface area contributed by atoms with Gasteiger partial charge in [-0.1, -0.05) is 0 Å². The van der Waals surface area contributed by atoms with Gasteiger partial charge in [-0.05, 0) is 43.3 Å². The van der Waals surface area contributed by atoms with E-state index in [9.17, 15) is 9.18 Å². The highest BCUT2D eigenvalue weighted by Crippen LogP contribution is 2.34. The number of anilines is 2. The molecule has 4 rings (SSSR count). The molecule has 0 saturated carbocycles. The van der Waals surface area contributed by atoms with Gasteiger partial charge in [0.05, 0.1) is 18.5 Å². The average molecular weight is 507 g/mol. The second-order valence-electron chi connectivity index (χ2n) is 8.18. The molecule has 12 heteroatoms. The van der Waals surface area contributed by atoms with E-state index >= 15 is 0 Å². The number of nitrogens with zero attached hydrogens (tertiary/aromatic N) is 4. The summed E-state index contributed by atoms with van der Waals surface area (Å²) in [5, 5.41) is 5.94. The summed E-state index contributed by atoms with van der Waals surface area (Å²) in [6.07, 6.45) is 3.21. The highest BCUT2D eigenvalue weighted by molar-refractivity contribution is 5.81. The molecule has 0 spiro atoms. The van der Waals surface area contributed by atoms with Gasteiger partial charge in [0.25, 0.3) is 0 Å². The Labute approximate surface area is 212 Å². The molecule has 37 heavy (non-hydrogen) atoms. The minimum Gasteiger partial charge on any atom is -0.493 e. The zero-order chi connectivity index (χ0) is 26.4. The van der Waals surface area contributed by atoms with E-state index in [0.717, 1.165) is 0 Å². The Morgan fingerprint density at radius 3 is 2.65 bits per heavy atom. The molecule has 0 fully saturated rings. The Morgan fingerprint density at radius 2 is 1.92 bits per heavy atom. The smallest absolute Gasteiger partial charge is 0.246 e. The van der Waals surface area contributed by atoms with E-state index in [2.05, 4.69) is 30.6 Å². The molecular formula is C25H27FN8O3. The normalized spacial score (nSPS) is 11.7. The first-order valence-corrected chi connectivity index (χ1v) is 11.4. The topological polar surface area (TPSA) is 153 Å². The van der Waals surface area contributed by atoms with Crippen LogP contribution >= 0.6 is 0 Å². The SMILES string of the molecule is COCC(=O)NC(C)CNc1nccc(-c2[nH]c(-c3ccc(F)cc3)nc2-c2cnc(N)c(OC)c2)n1. The molecule has 5 N–H and O–H groups in total. The highest BCUT2D eigenvalue weighted by Gasteiger charge is 2.19. The molecule has 11 nitrogen and oxygen atoms in total. The summed E-state index contributed by atoms with van der Waals surface area (Å²) >= 11 is 0. The standard InChI is InChI=1S/C25H27FN8O3/c1-14(31-20(35)13-36-2)11-30-25-28-9-8-18(32-25)22-21(16-10-19(37-3)23(27)29-12-16)33-24(34-22)15-4-6-17(26)7-5-15/h4-10,12,14H,11,13H2,1-3H3,(H2,27,29)(H,31,35)(H,33,34)(H,28,30,32). The van der Waals surface area contributed by atoms with Gasteiger partial charge in [-0.15, -0.1) is 0 Å². The first-order chi connectivity index (χ1) is 17.9. The number of carbonyl (C=O) groups is 1. The third-order valence-corrected chi connectivity index (χ3v) is 5.36. The lowest BCUT2D eigenvalue weighted by Crippen LogP contribution is -2.39. The number of H-pyrrole nitrogens is 1. The van der Waals surface area contributed by atoms with E-state index in [0.29, 0.717) is 52.3 Å². The molecule has 0 radical (unpaired) electrons. The summed E-state index contributed by atoms with van der Waals surface area (Å²) < 4.78 is 23.7. The molecule has 192 valence electrons. The number of pyridine rings is 1. The third-order valence-electron chi connectivity index (χ3n) is 5.36. The number of rotatable bonds is 10. The summed E-state index contributed by atoms with van der Waals surface area (Å²) in [6, 6.07) is 9.29. The summed E-state index contributed by atoms with van der Waals surface area (Å²) in [5.74, 6) is 0.981. The lowest BCUT2D eigenvalue weighted by molar-refractivity contribution is -0.125.